The van der Waals surface area contributed by atoms with E-state index in [1.54, 1.807) is 0 Å². The quantitative estimate of drug-likeness (QED) is 0.905. The van der Waals surface area contributed by atoms with Crippen molar-refractivity contribution < 1.29 is 9.90 Å². The Balaban J connectivity index is 2.13. The van der Waals surface area contributed by atoms with Gasteiger partial charge in [0.2, 0.25) is 0 Å². The van der Waals surface area contributed by atoms with E-state index < -0.39 is 11.5 Å². The lowest BCUT2D eigenvalue weighted by atomic mass is 9.73. The van der Waals surface area contributed by atoms with Crippen LogP contribution in [0.2, 0.25) is 0 Å². The monoisotopic (exact) mass is 281 g/mol. The Morgan fingerprint density at radius 2 is 1.57 bits per heavy atom. The van der Waals surface area contributed by atoms with E-state index in [-0.39, 0.29) is 12.3 Å². The van der Waals surface area contributed by atoms with Crippen LogP contribution < -0.4 is 5.32 Å². The number of aliphatic carboxylic acids is 1. The molecule has 0 aromatic heterocycles. The molecule has 0 aliphatic carbocycles. The first-order valence-electron chi connectivity index (χ1n) is 7.31. The highest BCUT2D eigenvalue weighted by molar-refractivity contribution is 5.68. The van der Waals surface area contributed by atoms with Gasteiger partial charge in [0.1, 0.15) is 0 Å². The lowest BCUT2D eigenvalue weighted by Gasteiger charge is -2.36. The number of benzene rings is 2. The number of hydrogen-bond donors (Lipinski definition) is 2. The maximum atomic E-state index is 11.3. The van der Waals surface area contributed by atoms with Gasteiger partial charge < -0.3 is 10.4 Å². The van der Waals surface area contributed by atoms with Crippen molar-refractivity contribution >= 4 is 5.97 Å². The third kappa shape index (κ3) is 2.45. The van der Waals surface area contributed by atoms with Crippen LogP contribution in [0, 0.1) is 5.92 Å². The second-order valence-electron chi connectivity index (χ2n) is 5.55. The lowest BCUT2D eigenvalue weighted by Crippen LogP contribution is -2.43. The molecule has 2 N–H and O–H groups in total. The minimum Gasteiger partial charge on any atom is -0.481 e. The van der Waals surface area contributed by atoms with Crippen molar-refractivity contribution in [1.82, 2.24) is 5.32 Å². The lowest BCUT2D eigenvalue weighted by molar-refractivity contribution is -0.138. The van der Waals surface area contributed by atoms with Gasteiger partial charge in [-0.1, -0.05) is 60.7 Å². The van der Waals surface area contributed by atoms with Gasteiger partial charge in [-0.3, -0.25) is 4.79 Å². The molecule has 0 radical (unpaired) electrons. The van der Waals surface area contributed by atoms with Crippen LogP contribution in [0.3, 0.4) is 0 Å². The molecule has 0 amide bonds. The van der Waals surface area contributed by atoms with Crippen molar-refractivity contribution in [2.75, 3.05) is 6.54 Å². The third-order valence-corrected chi connectivity index (χ3v) is 4.39. The molecule has 1 aliphatic rings. The van der Waals surface area contributed by atoms with Crippen LogP contribution in [-0.4, -0.2) is 17.6 Å². The minimum absolute atomic E-state index is 0.0554. The molecule has 0 bridgehead atoms. The zero-order valence-corrected chi connectivity index (χ0v) is 11.8. The van der Waals surface area contributed by atoms with Gasteiger partial charge in [0, 0.05) is 0 Å². The Morgan fingerprint density at radius 3 is 2.05 bits per heavy atom. The van der Waals surface area contributed by atoms with Gasteiger partial charge in [0.25, 0.3) is 0 Å². The second-order valence-corrected chi connectivity index (χ2v) is 5.55. The molecule has 2 aromatic carbocycles. The van der Waals surface area contributed by atoms with Crippen LogP contribution in [-0.2, 0) is 10.3 Å². The zero-order chi connectivity index (χ0) is 14.7. The van der Waals surface area contributed by atoms with Crippen LogP contribution in [0.5, 0.6) is 0 Å². The Hall–Kier alpha value is -2.13. The fourth-order valence-corrected chi connectivity index (χ4v) is 3.51. The molecule has 108 valence electrons. The summed E-state index contributed by atoms with van der Waals surface area (Å²) in [6.07, 6.45) is 1.05. The third-order valence-electron chi connectivity index (χ3n) is 4.39. The highest BCUT2D eigenvalue weighted by Crippen LogP contribution is 2.43. The fourth-order valence-electron chi connectivity index (χ4n) is 3.51. The first-order chi connectivity index (χ1) is 10.2. The number of carbonyl (C=O) groups is 1. The topological polar surface area (TPSA) is 49.3 Å². The summed E-state index contributed by atoms with van der Waals surface area (Å²) in [6, 6.07) is 20.4. The summed E-state index contributed by atoms with van der Waals surface area (Å²) in [4.78, 5) is 11.3. The maximum absolute atomic E-state index is 11.3. The van der Waals surface area contributed by atoms with Crippen molar-refractivity contribution in [3.8, 4) is 0 Å². The predicted molar refractivity (Wildman–Crippen MR) is 82.0 cm³/mol. The average molecular weight is 281 g/mol. The van der Waals surface area contributed by atoms with E-state index >= 15 is 0 Å². The van der Waals surface area contributed by atoms with E-state index in [4.69, 9.17) is 0 Å². The largest absolute Gasteiger partial charge is 0.481 e. The van der Waals surface area contributed by atoms with Gasteiger partial charge in [-0.05, 0) is 30.0 Å². The summed E-state index contributed by atoms with van der Waals surface area (Å²) >= 11 is 0. The van der Waals surface area contributed by atoms with Crippen LogP contribution in [0.4, 0.5) is 0 Å². The highest BCUT2D eigenvalue weighted by atomic mass is 16.4. The van der Waals surface area contributed by atoms with Crippen molar-refractivity contribution in [2.45, 2.75) is 18.4 Å². The van der Waals surface area contributed by atoms with E-state index in [0.29, 0.717) is 0 Å². The predicted octanol–water partition coefficient (Wildman–Crippen LogP) is 3.01. The first-order valence-corrected chi connectivity index (χ1v) is 7.31. The normalized spacial score (nSPS) is 20.3. The van der Waals surface area contributed by atoms with E-state index in [9.17, 15) is 9.90 Å². The zero-order valence-electron chi connectivity index (χ0n) is 11.8. The van der Waals surface area contributed by atoms with Crippen LogP contribution in [0.1, 0.15) is 24.0 Å². The summed E-state index contributed by atoms with van der Waals surface area (Å²) in [5.41, 5.74) is 1.88. The molecule has 1 fully saturated rings. The first kappa shape index (κ1) is 13.8. The van der Waals surface area contributed by atoms with E-state index in [1.165, 1.54) is 0 Å². The Morgan fingerprint density at radius 1 is 1.05 bits per heavy atom. The molecule has 3 nitrogen and oxygen atoms in total. The molecule has 0 saturated carbocycles. The maximum Gasteiger partial charge on any atom is 0.303 e. The van der Waals surface area contributed by atoms with Crippen LogP contribution in [0.15, 0.2) is 60.7 Å². The Labute approximate surface area is 124 Å². The molecule has 21 heavy (non-hydrogen) atoms. The molecule has 3 rings (SSSR count). The molecule has 3 heteroatoms. The molecular weight excluding hydrogens is 262 g/mol. The van der Waals surface area contributed by atoms with Crippen LogP contribution >= 0.6 is 0 Å². The molecule has 1 atom stereocenters. The van der Waals surface area contributed by atoms with Crippen molar-refractivity contribution in [1.29, 1.82) is 0 Å². The number of rotatable bonds is 4. The summed E-state index contributed by atoms with van der Waals surface area (Å²) < 4.78 is 0. The number of nitrogens with one attached hydrogen (secondary N) is 1. The summed E-state index contributed by atoms with van der Waals surface area (Å²) in [7, 11) is 0. The minimum atomic E-state index is -0.736. The van der Waals surface area contributed by atoms with Crippen molar-refractivity contribution in [3.63, 3.8) is 0 Å². The number of carboxylic acids is 1. The second kappa shape index (κ2) is 5.70. The molecule has 0 unspecified atom stereocenters. The highest BCUT2D eigenvalue weighted by Gasteiger charge is 2.45. The van der Waals surface area contributed by atoms with Crippen molar-refractivity contribution in [2.24, 2.45) is 5.92 Å². The summed E-state index contributed by atoms with van der Waals surface area (Å²) in [5.74, 6) is -0.681. The van der Waals surface area contributed by atoms with Gasteiger partial charge in [-0.2, -0.15) is 0 Å². The summed E-state index contributed by atoms with van der Waals surface area (Å²) in [5, 5.41) is 12.9. The molecule has 1 heterocycles. The van der Waals surface area contributed by atoms with Gasteiger partial charge in [0.15, 0.2) is 0 Å². The van der Waals surface area contributed by atoms with Crippen LogP contribution in [0.25, 0.3) is 0 Å². The standard InChI is InChI=1S/C18H19NO2/c20-17(21)13-16-11-12-19-18(16,14-7-3-1-4-8-14)15-9-5-2-6-10-15/h1-10,16,19H,11-13H2,(H,20,21)/t16-/m0/s1. The number of carboxylic acid groups (broad SMARTS) is 1. The smallest absolute Gasteiger partial charge is 0.303 e. The van der Waals surface area contributed by atoms with E-state index in [1.807, 2.05) is 36.4 Å². The van der Waals surface area contributed by atoms with E-state index in [2.05, 4.69) is 29.6 Å². The van der Waals surface area contributed by atoms with E-state index in [0.717, 1.165) is 24.1 Å². The van der Waals surface area contributed by atoms with Gasteiger partial charge >= 0.3 is 5.97 Å². The molecular formula is C18H19NO2. The van der Waals surface area contributed by atoms with Crippen molar-refractivity contribution in [3.05, 3.63) is 71.8 Å². The molecule has 0 spiro atoms. The molecule has 2 aromatic rings. The number of hydrogen-bond acceptors (Lipinski definition) is 2. The summed E-state index contributed by atoms with van der Waals surface area (Å²) in [6.45, 7) is 0.835. The average Bonchev–Trinajstić information content (AvgIpc) is 2.93. The SMILES string of the molecule is O=C(O)C[C@@H]1CCNC1(c1ccccc1)c1ccccc1. The van der Waals surface area contributed by atoms with Gasteiger partial charge in [-0.25, -0.2) is 0 Å². The Kier molecular flexibility index (Phi) is 3.76. The molecule has 1 saturated heterocycles. The van der Waals surface area contributed by atoms with Gasteiger partial charge in [0.05, 0.1) is 12.0 Å². The Bertz CT molecular complexity index is 570. The van der Waals surface area contributed by atoms with Gasteiger partial charge in [-0.15, -0.1) is 0 Å². The molecule has 1 aliphatic heterocycles. The fraction of sp³-hybridized carbons (Fsp3) is 0.278.